The van der Waals surface area contributed by atoms with Gasteiger partial charge in [0.05, 0.1) is 11.6 Å². The van der Waals surface area contributed by atoms with E-state index < -0.39 is 24.1 Å². The Morgan fingerprint density at radius 1 is 0.968 bits per heavy atom. The summed E-state index contributed by atoms with van der Waals surface area (Å²) in [7, 11) is 0. The molecule has 7 nitrogen and oxygen atoms in total. The van der Waals surface area contributed by atoms with Gasteiger partial charge in [0.15, 0.2) is 12.2 Å². The molecule has 7 heteroatoms. The van der Waals surface area contributed by atoms with Crippen LogP contribution in [0.1, 0.15) is 38.7 Å². The smallest absolute Gasteiger partial charge is 0.347 e. The number of ether oxygens (including phenoxy) is 2. The fourth-order valence-corrected chi connectivity index (χ4v) is 3.34. The highest BCUT2D eigenvalue weighted by Crippen LogP contribution is 2.22. The standard InChI is InChI=1S/C24H27N3O4/c1-17(31-24(29)18(2)30-22-12-6-19(16-25)7-13-22)23(28)26-20-8-10-21(11-9-20)27-14-4-3-5-15-27/h6-13,17-18H,3-5,14-15H2,1-2H3,(H,26,28)/t17-,18-/m1/s1. The van der Waals surface area contributed by atoms with E-state index >= 15 is 0 Å². The Morgan fingerprint density at radius 2 is 1.61 bits per heavy atom. The van der Waals surface area contributed by atoms with E-state index in [1.54, 1.807) is 31.2 Å². The minimum absolute atomic E-state index is 0.412. The average molecular weight is 421 g/mol. The molecule has 0 aromatic heterocycles. The van der Waals surface area contributed by atoms with E-state index in [1.807, 2.05) is 30.3 Å². The minimum Gasteiger partial charge on any atom is -0.479 e. The Morgan fingerprint density at radius 3 is 2.23 bits per heavy atom. The van der Waals surface area contributed by atoms with Gasteiger partial charge in [-0.1, -0.05) is 0 Å². The van der Waals surface area contributed by atoms with Gasteiger partial charge in [-0.05, 0) is 81.6 Å². The van der Waals surface area contributed by atoms with Crippen molar-refractivity contribution >= 4 is 23.3 Å². The number of hydrogen-bond acceptors (Lipinski definition) is 6. The molecule has 0 aliphatic carbocycles. The van der Waals surface area contributed by atoms with E-state index in [2.05, 4.69) is 10.2 Å². The number of amides is 1. The molecule has 1 amide bonds. The summed E-state index contributed by atoms with van der Waals surface area (Å²) in [6, 6.07) is 16.1. The highest BCUT2D eigenvalue weighted by molar-refractivity contribution is 5.95. The van der Waals surface area contributed by atoms with Crippen LogP contribution in [0.4, 0.5) is 11.4 Å². The number of nitrogens with zero attached hydrogens (tertiary/aromatic N) is 2. The lowest BCUT2D eigenvalue weighted by Gasteiger charge is -2.28. The highest BCUT2D eigenvalue weighted by Gasteiger charge is 2.23. The summed E-state index contributed by atoms with van der Waals surface area (Å²) in [6.07, 6.45) is 1.81. The largest absolute Gasteiger partial charge is 0.479 e. The molecule has 1 N–H and O–H groups in total. The van der Waals surface area contributed by atoms with Crippen LogP contribution in [-0.2, 0) is 14.3 Å². The molecule has 2 atom stereocenters. The zero-order valence-electron chi connectivity index (χ0n) is 17.8. The monoisotopic (exact) mass is 421 g/mol. The summed E-state index contributed by atoms with van der Waals surface area (Å²) in [5.41, 5.74) is 2.29. The minimum atomic E-state index is -0.971. The van der Waals surface area contributed by atoms with E-state index in [0.29, 0.717) is 17.0 Å². The first-order valence-electron chi connectivity index (χ1n) is 10.5. The van der Waals surface area contributed by atoms with Crippen molar-refractivity contribution in [2.45, 2.75) is 45.3 Å². The molecule has 1 saturated heterocycles. The molecule has 162 valence electrons. The van der Waals surface area contributed by atoms with Crippen LogP contribution < -0.4 is 15.0 Å². The Hall–Kier alpha value is -3.53. The summed E-state index contributed by atoms with van der Waals surface area (Å²) in [5.74, 6) is -0.619. The van der Waals surface area contributed by atoms with Crippen LogP contribution in [-0.4, -0.2) is 37.2 Å². The molecule has 0 saturated carbocycles. The third kappa shape index (κ3) is 6.22. The first-order valence-corrected chi connectivity index (χ1v) is 10.5. The molecule has 1 fully saturated rings. The quantitative estimate of drug-likeness (QED) is 0.682. The number of benzene rings is 2. The number of anilines is 2. The Balaban J connectivity index is 1.48. The maximum Gasteiger partial charge on any atom is 0.347 e. The van der Waals surface area contributed by atoms with Crippen LogP contribution in [0, 0.1) is 11.3 Å². The lowest BCUT2D eigenvalue weighted by atomic mass is 10.1. The molecule has 0 spiro atoms. The fourth-order valence-electron chi connectivity index (χ4n) is 3.34. The summed E-state index contributed by atoms with van der Waals surface area (Å²) in [6.45, 7) is 5.18. The van der Waals surface area contributed by atoms with E-state index in [-0.39, 0.29) is 0 Å². The van der Waals surface area contributed by atoms with E-state index in [0.717, 1.165) is 18.8 Å². The van der Waals surface area contributed by atoms with Crippen LogP contribution in [0.2, 0.25) is 0 Å². The van der Waals surface area contributed by atoms with Gasteiger partial charge >= 0.3 is 5.97 Å². The second kappa shape index (κ2) is 10.5. The molecule has 2 aromatic rings. The van der Waals surface area contributed by atoms with Crippen LogP contribution in [0.15, 0.2) is 48.5 Å². The Labute approximate surface area is 182 Å². The first-order chi connectivity index (χ1) is 15.0. The van der Waals surface area contributed by atoms with Gasteiger partial charge in [0.25, 0.3) is 5.91 Å². The van der Waals surface area contributed by atoms with Crippen molar-refractivity contribution in [2.75, 3.05) is 23.3 Å². The number of nitrogens with one attached hydrogen (secondary N) is 1. The number of nitriles is 1. The van der Waals surface area contributed by atoms with Crippen molar-refractivity contribution in [3.8, 4) is 11.8 Å². The third-order valence-electron chi connectivity index (χ3n) is 5.15. The first kappa shape index (κ1) is 22.2. The fraction of sp³-hybridized carbons (Fsp3) is 0.375. The van der Waals surface area contributed by atoms with E-state index in [9.17, 15) is 9.59 Å². The summed E-state index contributed by atoms with van der Waals surface area (Å²) < 4.78 is 10.8. The number of carbonyl (C=O) groups excluding carboxylic acids is 2. The SMILES string of the molecule is C[C@@H](OC(=O)[C@@H](C)Oc1ccc(C#N)cc1)C(=O)Nc1ccc(N2CCCCC2)cc1. The lowest BCUT2D eigenvalue weighted by molar-refractivity contribution is -0.159. The van der Waals surface area contributed by atoms with Crippen molar-refractivity contribution in [3.63, 3.8) is 0 Å². The van der Waals surface area contributed by atoms with Gasteiger partial charge in [0, 0.05) is 24.5 Å². The topological polar surface area (TPSA) is 91.7 Å². The number of piperidine rings is 1. The van der Waals surface area contributed by atoms with Crippen molar-refractivity contribution < 1.29 is 19.1 Å². The van der Waals surface area contributed by atoms with Gasteiger partial charge in [-0.15, -0.1) is 0 Å². The summed E-state index contributed by atoms with van der Waals surface area (Å²) in [5, 5.41) is 11.6. The molecular weight excluding hydrogens is 394 g/mol. The predicted molar refractivity (Wildman–Crippen MR) is 118 cm³/mol. The molecular formula is C24H27N3O4. The number of rotatable bonds is 7. The van der Waals surface area contributed by atoms with Gasteiger partial charge in [-0.2, -0.15) is 5.26 Å². The van der Waals surface area contributed by atoms with Gasteiger partial charge < -0.3 is 19.7 Å². The number of esters is 1. The zero-order valence-corrected chi connectivity index (χ0v) is 17.8. The van der Waals surface area contributed by atoms with Gasteiger partial charge in [0.2, 0.25) is 0 Å². The molecule has 31 heavy (non-hydrogen) atoms. The lowest BCUT2D eigenvalue weighted by Crippen LogP contribution is -2.35. The molecule has 0 unspecified atom stereocenters. The molecule has 2 aromatic carbocycles. The van der Waals surface area contributed by atoms with E-state index in [4.69, 9.17) is 14.7 Å². The third-order valence-corrected chi connectivity index (χ3v) is 5.15. The van der Waals surface area contributed by atoms with E-state index in [1.165, 1.54) is 26.2 Å². The average Bonchev–Trinajstić information content (AvgIpc) is 2.80. The highest BCUT2D eigenvalue weighted by atomic mass is 16.6. The molecule has 0 radical (unpaired) electrons. The normalized spacial score (nSPS) is 15.3. The van der Waals surface area contributed by atoms with Crippen LogP contribution in [0.5, 0.6) is 5.75 Å². The molecule has 1 aliphatic heterocycles. The maximum absolute atomic E-state index is 12.4. The van der Waals surface area contributed by atoms with Crippen molar-refractivity contribution in [1.82, 2.24) is 0 Å². The second-order valence-corrected chi connectivity index (χ2v) is 7.56. The predicted octanol–water partition coefficient (Wildman–Crippen LogP) is 3.89. The molecule has 1 heterocycles. The van der Waals surface area contributed by atoms with Crippen molar-refractivity contribution in [2.24, 2.45) is 0 Å². The second-order valence-electron chi connectivity index (χ2n) is 7.56. The van der Waals surface area contributed by atoms with Gasteiger partial charge in [-0.25, -0.2) is 4.79 Å². The molecule has 3 rings (SSSR count). The summed E-state index contributed by atoms with van der Waals surface area (Å²) >= 11 is 0. The number of hydrogen-bond donors (Lipinski definition) is 1. The van der Waals surface area contributed by atoms with Gasteiger partial charge in [-0.3, -0.25) is 4.79 Å². The summed E-state index contributed by atoms with van der Waals surface area (Å²) in [4.78, 5) is 27.0. The van der Waals surface area contributed by atoms with Crippen molar-refractivity contribution in [3.05, 3.63) is 54.1 Å². The Kier molecular flexibility index (Phi) is 7.50. The van der Waals surface area contributed by atoms with Crippen LogP contribution >= 0.6 is 0 Å². The number of carbonyl (C=O) groups is 2. The molecule has 1 aliphatic rings. The van der Waals surface area contributed by atoms with Crippen LogP contribution in [0.25, 0.3) is 0 Å². The van der Waals surface area contributed by atoms with Crippen LogP contribution in [0.3, 0.4) is 0 Å². The maximum atomic E-state index is 12.4. The Bertz CT molecular complexity index is 929. The molecule has 0 bridgehead atoms. The van der Waals surface area contributed by atoms with Gasteiger partial charge in [0.1, 0.15) is 5.75 Å². The van der Waals surface area contributed by atoms with Crippen molar-refractivity contribution in [1.29, 1.82) is 5.26 Å². The zero-order chi connectivity index (χ0) is 22.2.